The van der Waals surface area contributed by atoms with Gasteiger partial charge < -0.3 is 10.6 Å². The van der Waals surface area contributed by atoms with Gasteiger partial charge in [-0.25, -0.2) is 4.99 Å². The summed E-state index contributed by atoms with van der Waals surface area (Å²) in [7, 11) is 1.91. The van der Waals surface area contributed by atoms with E-state index in [0.29, 0.717) is 12.5 Å². The monoisotopic (exact) mass is 235 g/mol. The zero-order valence-electron chi connectivity index (χ0n) is 10.6. The average Bonchev–Trinajstić information content (AvgIpc) is 2.73. The molecule has 0 unspecified atom stereocenters. The van der Waals surface area contributed by atoms with Gasteiger partial charge in [-0.3, -0.25) is 4.68 Å². The fraction of sp³-hybridized carbons (Fsp3) is 0.667. The van der Waals surface area contributed by atoms with E-state index >= 15 is 0 Å². The van der Waals surface area contributed by atoms with E-state index in [1.165, 1.54) is 12.8 Å². The van der Waals surface area contributed by atoms with Crippen LogP contribution in [-0.4, -0.2) is 33.7 Å². The van der Waals surface area contributed by atoms with Gasteiger partial charge in [0.1, 0.15) is 0 Å². The van der Waals surface area contributed by atoms with Gasteiger partial charge in [-0.1, -0.05) is 6.92 Å². The van der Waals surface area contributed by atoms with Crippen molar-refractivity contribution in [3.63, 3.8) is 0 Å². The van der Waals surface area contributed by atoms with Crippen molar-refractivity contribution in [2.75, 3.05) is 13.1 Å². The molecule has 2 rings (SSSR count). The highest BCUT2D eigenvalue weighted by atomic mass is 15.3. The van der Waals surface area contributed by atoms with Crippen molar-refractivity contribution in [1.29, 1.82) is 0 Å². The van der Waals surface area contributed by atoms with Crippen molar-refractivity contribution >= 4 is 5.96 Å². The molecule has 1 fully saturated rings. The maximum Gasteiger partial charge on any atom is 0.191 e. The molecule has 1 saturated heterocycles. The van der Waals surface area contributed by atoms with Crippen LogP contribution in [0.25, 0.3) is 0 Å². The van der Waals surface area contributed by atoms with Gasteiger partial charge in [0.15, 0.2) is 5.96 Å². The lowest BCUT2D eigenvalue weighted by molar-refractivity contribution is 0.277. The van der Waals surface area contributed by atoms with Crippen molar-refractivity contribution < 1.29 is 0 Å². The number of nitrogens with two attached hydrogens (primary N) is 1. The maximum atomic E-state index is 5.99. The van der Waals surface area contributed by atoms with E-state index < -0.39 is 0 Å². The number of nitrogens with zero attached hydrogens (tertiary/aromatic N) is 4. The van der Waals surface area contributed by atoms with Gasteiger partial charge in [0.05, 0.1) is 12.2 Å². The molecule has 1 aromatic rings. The van der Waals surface area contributed by atoms with Crippen molar-refractivity contribution in [2.24, 2.45) is 23.7 Å². The third-order valence-electron chi connectivity index (χ3n) is 3.28. The predicted molar refractivity (Wildman–Crippen MR) is 68.5 cm³/mol. The highest BCUT2D eigenvalue weighted by Gasteiger charge is 2.16. The molecule has 5 nitrogen and oxygen atoms in total. The summed E-state index contributed by atoms with van der Waals surface area (Å²) >= 11 is 0. The number of likely N-dealkylation sites (tertiary alicyclic amines) is 1. The fourth-order valence-electron chi connectivity index (χ4n) is 2.05. The predicted octanol–water partition coefficient (Wildman–Crippen LogP) is 0.967. The molecule has 0 radical (unpaired) electrons. The fourth-order valence-corrected chi connectivity index (χ4v) is 2.05. The second-order valence-electron chi connectivity index (χ2n) is 4.82. The standard InChI is InChI=1S/C12H21N5/c1-10-3-7-17(8-4-10)12(13)14-9-11-5-6-16(2)15-11/h5-6,10H,3-4,7-9H2,1-2H3,(H2,13,14). The minimum Gasteiger partial charge on any atom is -0.370 e. The van der Waals surface area contributed by atoms with Crippen LogP contribution in [0.5, 0.6) is 0 Å². The quantitative estimate of drug-likeness (QED) is 0.613. The zero-order valence-corrected chi connectivity index (χ0v) is 10.6. The van der Waals surface area contributed by atoms with Gasteiger partial charge >= 0.3 is 0 Å². The van der Waals surface area contributed by atoms with E-state index in [9.17, 15) is 0 Å². The molecule has 2 N–H and O–H groups in total. The Balaban J connectivity index is 1.88. The van der Waals surface area contributed by atoms with Crippen LogP contribution < -0.4 is 5.73 Å². The molecule has 0 atom stereocenters. The minimum atomic E-state index is 0.568. The molecule has 0 amide bonds. The van der Waals surface area contributed by atoms with Crippen LogP contribution in [0.4, 0.5) is 0 Å². The van der Waals surface area contributed by atoms with Crippen LogP contribution in [0.3, 0.4) is 0 Å². The molecule has 5 heteroatoms. The van der Waals surface area contributed by atoms with Crippen molar-refractivity contribution in [3.05, 3.63) is 18.0 Å². The number of piperidine rings is 1. The van der Waals surface area contributed by atoms with Gasteiger partial charge in [0.25, 0.3) is 0 Å². The SMILES string of the molecule is CC1CCN(C(N)=NCc2ccn(C)n2)CC1. The number of rotatable bonds is 2. The van der Waals surface area contributed by atoms with Gasteiger partial charge in [-0.15, -0.1) is 0 Å². The van der Waals surface area contributed by atoms with E-state index in [-0.39, 0.29) is 0 Å². The molecule has 0 bridgehead atoms. The largest absolute Gasteiger partial charge is 0.370 e. The number of aryl methyl sites for hydroxylation is 1. The van der Waals surface area contributed by atoms with Crippen LogP contribution in [0.2, 0.25) is 0 Å². The lowest BCUT2D eigenvalue weighted by atomic mass is 10.00. The molecule has 0 aromatic carbocycles. The van der Waals surface area contributed by atoms with E-state index in [2.05, 4.69) is 21.9 Å². The second kappa shape index (κ2) is 5.21. The third kappa shape index (κ3) is 3.22. The molecule has 0 aliphatic carbocycles. The number of aliphatic imine (C=N–C) groups is 1. The summed E-state index contributed by atoms with van der Waals surface area (Å²) in [5.41, 5.74) is 6.95. The molecule has 1 aliphatic rings. The Bertz CT molecular complexity index is 387. The molecular formula is C12H21N5. The van der Waals surface area contributed by atoms with E-state index in [0.717, 1.165) is 24.7 Å². The average molecular weight is 235 g/mol. The molecular weight excluding hydrogens is 214 g/mol. The summed E-state index contributed by atoms with van der Waals surface area (Å²) in [6, 6.07) is 1.97. The zero-order chi connectivity index (χ0) is 12.3. The smallest absolute Gasteiger partial charge is 0.191 e. The summed E-state index contributed by atoms with van der Waals surface area (Å²) in [6.45, 7) is 4.91. The second-order valence-corrected chi connectivity index (χ2v) is 4.82. The summed E-state index contributed by atoms with van der Waals surface area (Å²) < 4.78 is 1.78. The number of guanidine groups is 1. The summed E-state index contributed by atoms with van der Waals surface area (Å²) in [6.07, 6.45) is 4.34. The summed E-state index contributed by atoms with van der Waals surface area (Å²) in [5, 5.41) is 4.28. The molecule has 94 valence electrons. The molecule has 17 heavy (non-hydrogen) atoms. The van der Waals surface area contributed by atoms with Gasteiger partial charge in [-0.2, -0.15) is 5.10 Å². The Morgan fingerprint density at radius 3 is 2.82 bits per heavy atom. The van der Waals surface area contributed by atoms with Crippen molar-refractivity contribution in [3.8, 4) is 0 Å². The first-order valence-corrected chi connectivity index (χ1v) is 6.18. The Morgan fingerprint density at radius 1 is 1.53 bits per heavy atom. The molecule has 0 saturated carbocycles. The summed E-state index contributed by atoms with van der Waals surface area (Å²) in [5.74, 6) is 1.47. The van der Waals surface area contributed by atoms with Gasteiger partial charge in [0.2, 0.25) is 0 Å². The van der Waals surface area contributed by atoms with Crippen LogP contribution >= 0.6 is 0 Å². The molecule has 1 aromatic heterocycles. The molecule has 2 heterocycles. The van der Waals surface area contributed by atoms with Gasteiger partial charge in [-0.05, 0) is 24.8 Å². The maximum absolute atomic E-state index is 5.99. The highest BCUT2D eigenvalue weighted by molar-refractivity contribution is 5.78. The van der Waals surface area contributed by atoms with Gasteiger partial charge in [0, 0.05) is 26.3 Å². The van der Waals surface area contributed by atoms with Crippen molar-refractivity contribution in [2.45, 2.75) is 26.3 Å². The Labute approximate surface area is 102 Å². The lowest BCUT2D eigenvalue weighted by Gasteiger charge is -2.30. The summed E-state index contributed by atoms with van der Waals surface area (Å²) in [4.78, 5) is 6.57. The molecule has 0 spiro atoms. The van der Waals surface area contributed by atoms with Crippen LogP contribution in [0.1, 0.15) is 25.5 Å². The lowest BCUT2D eigenvalue weighted by Crippen LogP contribution is -2.42. The highest BCUT2D eigenvalue weighted by Crippen LogP contribution is 2.15. The third-order valence-corrected chi connectivity index (χ3v) is 3.28. The van der Waals surface area contributed by atoms with Crippen LogP contribution in [0.15, 0.2) is 17.3 Å². The first-order chi connectivity index (χ1) is 8.15. The number of hydrogen-bond donors (Lipinski definition) is 1. The number of aromatic nitrogens is 2. The minimum absolute atomic E-state index is 0.568. The topological polar surface area (TPSA) is 59.4 Å². The van der Waals surface area contributed by atoms with Crippen LogP contribution in [0, 0.1) is 5.92 Å². The Kier molecular flexibility index (Phi) is 3.66. The number of hydrogen-bond acceptors (Lipinski definition) is 2. The van der Waals surface area contributed by atoms with E-state index in [1.54, 1.807) is 4.68 Å². The Hall–Kier alpha value is -1.52. The first-order valence-electron chi connectivity index (χ1n) is 6.18. The molecule has 1 aliphatic heterocycles. The normalized spacial score (nSPS) is 18.7. The van der Waals surface area contributed by atoms with Crippen molar-refractivity contribution in [1.82, 2.24) is 14.7 Å². The van der Waals surface area contributed by atoms with Crippen LogP contribution in [-0.2, 0) is 13.6 Å². The van der Waals surface area contributed by atoms with E-state index in [4.69, 9.17) is 5.73 Å². The Morgan fingerprint density at radius 2 is 2.24 bits per heavy atom. The first kappa shape index (κ1) is 12.0. The van der Waals surface area contributed by atoms with E-state index in [1.807, 2.05) is 19.3 Å².